The highest BCUT2D eigenvalue weighted by Gasteiger charge is 2.28. The van der Waals surface area contributed by atoms with Gasteiger partial charge in [-0.05, 0) is 20.8 Å². The maximum atomic E-state index is 11.8. The predicted octanol–water partition coefficient (Wildman–Crippen LogP) is 2.74. The van der Waals surface area contributed by atoms with Crippen LogP contribution in [-0.2, 0) is 9.57 Å². The normalized spacial score (nSPS) is 12.4. The Morgan fingerprint density at radius 1 is 1.25 bits per heavy atom. The number of hydrogen-bond acceptors (Lipinski definition) is 3. The van der Waals surface area contributed by atoms with E-state index in [0.717, 1.165) is 0 Å². The van der Waals surface area contributed by atoms with E-state index in [4.69, 9.17) is 4.74 Å². The molecule has 0 heterocycles. The van der Waals surface area contributed by atoms with Crippen LogP contribution in [0, 0.1) is 0 Å². The third kappa shape index (κ3) is 8.34. The molecule has 0 aromatic carbocycles. The summed E-state index contributed by atoms with van der Waals surface area (Å²) >= 11 is 0. The molecular formula is C9H16F3NO3. The van der Waals surface area contributed by atoms with Gasteiger partial charge in [-0.25, -0.2) is 4.79 Å². The Hall–Kier alpha value is -0.980. The van der Waals surface area contributed by atoms with Crippen molar-refractivity contribution in [2.75, 3.05) is 13.7 Å². The molecule has 0 rings (SSSR count). The van der Waals surface area contributed by atoms with Crippen LogP contribution in [0.5, 0.6) is 0 Å². The van der Waals surface area contributed by atoms with Crippen molar-refractivity contribution in [2.45, 2.75) is 39.0 Å². The van der Waals surface area contributed by atoms with E-state index in [1.54, 1.807) is 20.8 Å². The van der Waals surface area contributed by atoms with Crippen LogP contribution in [0.25, 0.3) is 0 Å². The SMILES string of the molecule is CN(OCCC(F)(F)F)C(=O)OC(C)(C)C. The van der Waals surface area contributed by atoms with Crippen molar-refractivity contribution in [1.82, 2.24) is 5.06 Å². The van der Waals surface area contributed by atoms with Crippen molar-refractivity contribution in [1.29, 1.82) is 0 Å². The number of carbonyl (C=O) groups excluding carboxylic acids is 1. The smallest absolute Gasteiger partial charge is 0.434 e. The van der Waals surface area contributed by atoms with Gasteiger partial charge in [0.1, 0.15) is 5.60 Å². The fourth-order valence-corrected chi connectivity index (χ4v) is 0.677. The number of hydroxylamine groups is 2. The summed E-state index contributed by atoms with van der Waals surface area (Å²) in [5.74, 6) is 0. The lowest BCUT2D eigenvalue weighted by atomic mass is 10.2. The van der Waals surface area contributed by atoms with Crippen molar-refractivity contribution in [2.24, 2.45) is 0 Å². The Morgan fingerprint density at radius 2 is 1.75 bits per heavy atom. The van der Waals surface area contributed by atoms with Crippen molar-refractivity contribution < 1.29 is 27.5 Å². The van der Waals surface area contributed by atoms with Gasteiger partial charge in [0, 0.05) is 7.05 Å². The van der Waals surface area contributed by atoms with E-state index in [1.807, 2.05) is 0 Å². The second kappa shape index (κ2) is 5.38. The molecule has 0 atom stereocenters. The van der Waals surface area contributed by atoms with Crippen LogP contribution < -0.4 is 0 Å². The molecule has 7 heteroatoms. The zero-order valence-corrected chi connectivity index (χ0v) is 9.72. The monoisotopic (exact) mass is 243 g/mol. The zero-order chi connectivity index (χ0) is 13.0. The lowest BCUT2D eigenvalue weighted by Crippen LogP contribution is -2.34. The summed E-state index contributed by atoms with van der Waals surface area (Å²) in [5, 5.41) is 0.650. The molecule has 4 nitrogen and oxygen atoms in total. The minimum absolute atomic E-state index is 0.612. The van der Waals surface area contributed by atoms with Gasteiger partial charge in [-0.1, -0.05) is 0 Å². The van der Waals surface area contributed by atoms with Crippen LogP contribution in [0.4, 0.5) is 18.0 Å². The number of ether oxygens (including phenoxy) is 1. The molecule has 0 saturated carbocycles. The molecule has 96 valence electrons. The standard InChI is InChI=1S/C9H16F3NO3/c1-8(2,3)16-7(14)13(4)15-6-5-9(10,11)12/h5-6H2,1-4H3. The number of rotatable bonds is 3. The molecule has 0 aliphatic rings. The van der Waals surface area contributed by atoms with E-state index in [0.29, 0.717) is 5.06 Å². The van der Waals surface area contributed by atoms with E-state index in [-0.39, 0.29) is 0 Å². The van der Waals surface area contributed by atoms with Crippen molar-refractivity contribution in [3.63, 3.8) is 0 Å². The molecule has 0 aliphatic heterocycles. The summed E-state index contributed by atoms with van der Waals surface area (Å²) in [6.07, 6.45) is -6.23. The molecule has 16 heavy (non-hydrogen) atoms. The highest BCUT2D eigenvalue weighted by Crippen LogP contribution is 2.19. The lowest BCUT2D eigenvalue weighted by Gasteiger charge is -2.24. The Balaban J connectivity index is 3.89. The second-order valence-electron chi connectivity index (χ2n) is 4.18. The number of hydrogen-bond donors (Lipinski definition) is 0. The molecule has 0 unspecified atom stereocenters. The number of nitrogens with zero attached hydrogens (tertiary/aromatic N) is 1. The summed E-state index contributed by atoms with van der Waals surface area (Å²) in [6, 6.07) is 0. The van der Waals surface area contributed by atoms with Gasteiger partial charge in [-0.2, -0.15) is 18.2 Å². The second-order valence-corrected chi connectivity index (χ2v) is 4.18. The number of alkyl halides is 3. The van der Waals surface area contributed by atoms with Crippen LogP contribution in [0.15, 0.2) is 0 Å². The Labute approximate surface area is 92.3 Å². The minimum Gasteiger partial charge on any atom is -0.442 e. The molecule has 0 bridgehead atoms. The van der Waals surface area contributed by atoms with E-state index in [9.17, 15) is 18.0 Å². The molecule has 0 fully saturated rings. The first kappa shape index (κ1) is 15.0. The maximum absolute atomic E-state index is 11.8. The van der Waals surface area contributed by atoms with Crippen molar-refractivity contribution >= 4 is 6.09 Å². The lowest BCUT2D eigenvalue weighted by molar-refractivity contribution is -0.181. The van der Waals surface area contributed by atoms with Gasteiger partial charge in [-0.3, -0.25) is 4.84 Å². The largest absolute Gasteiger partial charge is 0.442 e. The average molecular weight is 243 g/mol. The summed E-state index contributed by atoms with van der Waals surface area (Å²) in [7, 11) is 1.20. The number of halogens is 3. The van der Waals surface area contributed by atoms with E-state index >= 15 is 0 Å². The Kier molecular flexibility index (Phi) is 5.05. The van der Waals surface area contributed by atoms with E-state index < -0.39 is 30.9 Å². The first-order chi connectivity index (χ1) is 7.01. The van der Waals surface area contributed by atoms with Crippen LogP contribution in [0.2, 0.25) is 0 Å². The third-order valence-electron chi connectivity index (χ3n) is 1.32. The fraction of sp³-hybridized carbons (Fsp3) is 0.889. The van der Waals surface area contributed by atoms with Gasteiger partial charge in [0.15, 0.2) is 0 Å². The van der Waals surface area contributed by atoms with E-state index in [2.05, 4.69) is 4.84 Å². The highest BCUT2D eigenvalue weighted by atomic mass is 19.4. The average Bonchev–Trinajstić information content (AvgIpc) is 1.98. The number of amides is 1. The zero-order valence-electron chi connectivity index (χ0n) is 9.72. The summed E-state index contributed by atoms with van der Waals surface area (Å²) in [5.41, 5.74) is -0.710. The van der Waals surface area contributed by atoms with Gasteiger partial charge in [-0.15, -0.1) is 0 Å². The first-order valence-electron chi connectivity index (χ1n) is 4.67. The maximum Gasteiger partial charge on any atom is 0.434 e. The topological polar surface area (TPSA) is 38.8 Å². The van der Waals surface area contributed by atoms with Gasteiger partial charge >= 0.3 is 12.3 Å². The quantitative estimate of drug-likeness (QED) is 0.715. The Morgan fingerprint density at radius 3 is 2.12 bits per heavy atom. The van der Waals surface area contributed by atoms with Crippen molar-refractivity contribution in [3.05, 3.63) is 0 Å². The molecule has 0 aromatic heterocycles. The van der Waals surface area contributed by atoms with Crippen molar-refractivity contribution in [3.8, 4) is 0 Å². The molecule has 0 saturated heterocycles. The molecule has 0 radical (unpaired) electrons. The summed E-state index contributed by atoms with van der Waals surface area (Å²) < 4.78 is 40.2. The summed E-state index contributed by atoms with van der Waals surface area (Å²) in [4.78, 5) is 15.8. The van der Waals surface area contributed by atoms with Crippen LogP contribution in [0.3, 0.4) is 0 Å². The van der Waals surface area contributed by atoms with Gasteiger partial charge < -0.3 is 4.74 Å². The highest BCUT2D eigenvalue weighted by molar-refractivity contribution is 5.66. The summed E-state index contributed by atoms with van der Waals surface area (Å²) in [6.45, 7) is 4.33. The third-order valence-corrected chi connectivity index (χ3v) is 1.32. The molecule has 0 N–H and O–H groups in total. The fourth-order valence-electron chi connectivity index (χ4n) is 0.677. The predicted molar refractivity (Wildman–Crippen MR) is 50.6 cm³/mol. The van der Waals surface area contributed by atoms with E-state index in [1.165, 1.54) is 7.05 Å². The first-order valence-corrected chi connectivity index (χ1v) is 4.67. The molecule has 0 spiro atoms. The van der Waals surface area contributed by atoms with Crippen LogP contribution in [-0.4, -0.2) is 36.6 Å². The Bertz CT molecular complexity index is 235. The van der Waals surface area contributed by atoms with Gasteiger partial charge in [0.05, 0.1) is 13.0 Å². The van der Waals surface area contributed by atoms with Crippen LogP contribution in [0.1, 0.15) is 27.2 Å². The minimum atomic E-state index is -4.30. The molecule has 0 aliphatic carbocycles. The molecule has 1 amide bonds. The van der Waals surface area contributed by atoms with Gasteiger partial charge in [0.25, 0.3) is 0 Å². The molecule has 0 aromatic rings. The number of carbonyl (C=O) groups is 1. The molecular weight excluding hydrogens is 227 g/mol. The van der Waals surface area contributed by atoms with Gasteiger partial charge in [0.2, 0.25) is 0 Å². The van der Waals surface area contributed by atoms with Crippen LogP contribution >= 0.6 is 0 Å².